The molecule has 1 aliphatic heterocycles. The number of nitrogens with zero attached hydrogens (tertiary/aromatic N) is 1. The minimum absolute atomic E-state index is 0.364. The number of benzene rings is 1. The van der Waals surface area contributed by atoms with Crippen LogP contribution in [0.5, 0.6) is 0 Å². The number of aromatic nitrogens is 1. The lowest BCUT2D eigenvalue weighted by atomic mass is 9.77. The van der Waals surface area contributed by atoms with Crippen LogP contribution in [0.2, 0.25) is 0 Å². The number of rotatable bonds is 1. The van der Waals surface area contributed by atoms with Gasteiger partial charge in [0.2, 0.25) is 0 Å². The molecule has 2 nitrogen and oxygen atoms in total. The third-order valence-corrected chi connectivity index (χ3v) is 4.32. The van der Waals surface area contributed by atoms with Crippen LogP contribution in [0.15, 0.2) is 60.9 Å². The molecule has 0 radical (unpaired) electrons. The maximum absolute atomic E-state index is 4.27. The van der Waals surface area contributed by atoms with Gasteiger partial charge in [-0.05, 0) is 35.6 Å². The standard InChI is InChI=1S/C17H16N2/c1-2-9-16-14(6-1)13-7-3-8-15(13)17(19-16)12-5-4-10-18-11-12/h1-7,9-11,13,15,17,19H,8H2/t13-,15+,17+/m1/s1. The highest BCUT2D eigenvalue weighted by molar-refractivity contribution is 5.59. The van der Waals surface area contributed by atoms with E-state index in [0.29, 0.717) is 17.9 Å². The summed E-state index contributed by atoms with van der Waals surface area (Å²) in [5.74, 6) is 1.15. The van der Waals surface area contributed by atoms with Gasteiger partial charge in [0.15, 0.2) is 0 Å². The lowest BCUT2D eigenvalue weighted by molar-refractivity contribution is 0.425. The van der Waals surface area contributed by atoms with Crippen molar-refractivity contribution in [3.8, 4) is 0 Å². The molecule has 94 valence electrons. The molecule has 2 heteroatoms. The van der Waals surface area contributed by atoms with Gasteiger partial charge in [0.1, 0.15) is 0 Å². The molecule has 0 saturated heterocycles. The second-order valence-corrected chi connectivity index (χ2v) is 5.35. The fourth-order valence-corrected chi connectivity index (χ4v) is 3.43. The molecule has 1 aromatic carbocycles. The maximum Gasteiger partial charge on any atom is 0.0569 e. The summed E-state index contributed by atoms with van der Waals surface area (Å²) >= 11 is 0. The normalized spacial score (nSPS) is 27.5. The highest BCUT2D eigenvalue weighted by atomic mass is 15.0. The summed E-state index contributed by atoms with van der Waals surface area (Å²) < 4.78 is 0. The Morgan fingerprint density at radius 1 is 1.11 bits per heavy atom. The van der Waals surface area contributed by atoms with Gasteiger partial charge < -0.3 is 5.32 Å². The van der Waals surface area contributed by atoms with E-state index in [1.165, 1.54) is 16.8 Å². The smallest absolute Gasteiger partial charge is 0.0569 e. The van der Waals surface area contributed by atoms with E-state index in [4.69, 9.17) is 0 Å². The van der Waals surface area contributed by atoms with Gasteiger partial charge in [-0.1, -0.05) is 36.4 Å². The third-order valence-electron chi connectivity index (χ3n) is 4.32. The number of hydrogen-bond acceptors (Lipinski definition) is 2. The Morgan fingerprint density at radius 3 is 2.95 bits per heavy atom. The van der Waals surface area contributed by atoms with Gasteiger partial charge in [0.25, 0.3) is 0 Å². The lowest BCUT2D eigenvalue weighted by Crippen LogP contribution is -2.29. The van der Waals surface area contributed by atoms with Crippen LogP contribution in [0.4, 0.5) is 5.69 Å². The van der Waals surface area contributed by atoms with Gasteiger partial charge in [-0.2, -0.15) is 0 Å². The number of fused-ring (bicyclic) bond motifs is 3. The van der Waals surface area contributed by atoms with Crippen LogP contribution in [0, 0.1) is 5.92 Å². The fraction of sp³-hybridized carbons (Fsp3) is 0.235. The molecule has 0 fully saturated rings. The summed E-state index contributed by atoms with van der Waals surface area (Å²) in [6, 6.07) is 13.2. The van der Waals surface area contributed by atoms with Crippen molar-refractivity contribution in [3.05, 3.63) is 72.1 Å². The van der Waals surface area contributed by atoms with E-state index in [9.17, 15) is 0 Å². The Balaban J connectivity index is 1.80. The molecule has 0 bridgehead atoms. The van der Waals surface area contributed by atoms with Gasteiger partial charge in [-0.15, -0.1) is 0 Å². The third kappa shape index (κ3) is 1.67. The molecule has 0 amide bonds. The first-order chi connectivity index (χ1) is 9.43. The number of para-hydroxylation sites is 1. The molecule has 1 aliphatic carbocycles. The largest absolute Gasteiger partial charge is 0.378 e. The topological polar surface area (TPSA) is 24.9 Å². The Bertz CT molecular complexity index is 618. The maximum atomic E-state index is 4.27. The highest BCUT2D eigenvalue weighted by Crippen LogP contribution is 2.49. The highest BCUT2D eigenvalue weighted by Gasteiger charge is 2.37. The molecule has 2 aliphatic rings. The van der Waals surface area contributed by atoms with Gasteiger partial charge in [-0.25, -0.2) is 0 Å². The average molecular weight is 248 g/mol. The summed E-state index contributed by atoms with van der Waals surface area (Å²) in [5.41, 5.74) is 3.99. The van der Waals surface area contributed by atoms with Crippen LogP contribution < -0.4 is 5.32 Å². The molecule has 2 aromatic rings. The zero-order valence-corrected chi connectivity index (χ0v) is 10.7. The minimum atomic E-state index is 0.364. The zero-order chi connectivity index (χ0) is 12.7. The second-order valence-electron chi connectivity index (χ2n) is 5.35. The van der Waals surface area contributed by atoms with E-state index in [0.717, 1.165) is 6.42 Å². The van der Waals surface area contributed by atoms with Crippen molar-refractivity contribution in [1.29, 1.82) is 0 Å². The molecule has 2 heterocycles. The van der Waals surface area contributed by atoms with Crippen molar-refractivity contribution in [2.45, 2.75) is 18.4 Å². The summed E-state index contributed by atoms with van der Waals surface area (Å²) in [6.45, 7) is 0. The fourth-order valence-electron chi connectivity index (χ4n) is 3.43. The van der Waals surface area contributed by atoms with E-state index < -0.39 is 0 Å². The Labute approximate surface area is 113 Å². The average Bonchev–Trinajstić information content (AvgIpc) is 2.97. The number of anilines is 1. The van der Waals surface area contributed by atoms with Crippen LogP contribution in [-0.2, 0) is 0 Å². The van der Waals surface area contributed by atoms with Gasteiger partial charge in [0, 0.05) is 24.0 Å². The molecule has 3 atom stereocenters. The number of nitrogens with one attached hydrogen (secondary N) is 1. The predicted octanol–water partition coefficient (Wildman–Crippen LogP) is 3.91. The van der Waals surface area contributed by atoms with Crippen molar-refractivity contribution in [3.63, 3.8) is 0 Å². The molecule has 0 spiro atoms. The van der Waals surface area contributed by atoms with Crippen molar-refractivity contribution >= 4 is 5.69 Å². The quantitative estimate of drug-likeness (QED) is 0.774. The van der Waals surface area contributed by atoms with Crippen molar-refractivity contribution in [1.82, 2.24) is 4.98 Å². The van der Waals surface area contributed by atoms with E-state index in [-0.39, 0.29) is 0 Å². The first kappa shape index (κ1) is 10.8. The van der Waals surface area contributed by atoms with Crippen LogP contribution in [0.3, 0.4) is 0 Å². The first-order valence-corrected chi connectivity index (χ1v) is 6.85. The summed E-state index contributed by atoms with van der Waals surface area (Å²) in [7, 11) is 0. The SMILES string of the molecule is C1=C[C@@H]2c3ccccc3N[C@@H](c3cccnc3)[C@H]2C1. The lowest BCUT2D eigenvalue weighted by Gasteiger charge is -2.37. The second kappa shape index (κ2) is 4.23. The van der Waals surface area contributed by atoms with Gasteiger partial charge in [-0.3, -0.25) is 4.98 Å². The van der Waals surface area contributed by atoms with Crippen LogP contribution in [0.1, 0.15) is 29.5 Å². The Morgan fingerprint density at radius 2 is 2.05 bits per heavy atom. The molecule has 0 unspecified atom stereocenters. The molecular weight excluding hydrogens is 232 g/mol. The first-order valence-electron chi connectivity index (χ1n) is 6.85. The minimum Gasteiger partial charge on any atom is -0.378 e. The van der Waals surface area contributed by atoms with Gasteiger partial charge >= 0.3 is 0 Å². The summed E-state index contributed by atoms with van der Waals surface area (Å²) in [5, 5.41) is 3.70. The van der Waals surface area contributed by atoms with Crippen molar-refractivity contribution in [2.75, 3.05) is 5.32 Å². The van der Waals surface area contributed by atoms with Crippen LogP contribution >= 0.6 is 0 Å². The molecule has 1 N–H and O–H groups in total. The monoisotopic (exact) mass is 248 g/mol. The molecule has 1 aromatic heterocycles. The summed E-state index contributed by atoms with van der Waals surface area (Å²) in [6.07, 6.45) is 9.66. The number of pyridine rings is 1. The van der Waals surface area contributed by atoms with E-state index in [1.54, 1.807) is 0 Å². The van der Waals surface area contributed by atoms with Crippen molar-refractivity contribution in [2.24, 2.45) is 5.92 Å². The van der Waals surface area contributed by atoms with E-state index >= 15 is 0 Å². The molecule has 0 saturated carbocycles. The molecule has 4 rings (SSSR count). The molecule has 19 heavy (non-hydrogen) atoms. The Kier molecular flexibility index (Phi) is 2.41. The summed E-state index contributed by atoms with van der Waals surface area (Å²) in [4.78, 5) is 4.27. The predicted molar refractivity (Wildman–Crippen MR) is 77.0 cm³/mol. The Hall–Kier alpha value is -2.09. The number of hydrogen-bond donors (Lipinski definition) is 1. The van der Waals surface area contributed by atoms with Crippen molar-refractivity contribution < 1.29 is 0 Å². The zero-order valence-electron chi connectivity index (χ0n) is 10.7. The number of allylic oxidation sites excluding steroid dienone is 2. The van der Waals surface area contributed by atoms with Crippen LogP contribution in [0.25, 0.3) is 0 Å². The van der Waals surface area contributed by atoms with E-state index in [1.807, 2.05) is 18.5 Å². The van der Waals surface area contributed by atoms with E-state index in [2.05, 4.69) is 52.8 Å². The van der Waals surface area contributed by atoms with Crippen LogP contribution in [-0.4, -0.2) is 4.98 Å². The van der Waals surface area contributed by atoms with Gasteiger partial charge in [0.05, 0.1) is 6.04 Å². The molecular formula is C17H16N2.